The van der Waals surface area contributed by atoms with Crippen LogP contribution in [-0.2, 0) is 37.3 Å². The van der Waals surface area contributed by atoms with Crippen LogP contribution in [0.3, 0.4) is 0 Å². The molecule has 0 spiro atoms. The number of nitrogens with one attached hydrogen (secondary N) is 1. The van der Waals surface area contributed by atoms with Gasteiger partial charge in [0.1, 0.15) is 22.2 Å². The number of aromatic nitrogens is 3. The summed E-state index contributed by atoms with van der Waals surface area (Å²) in [6, 6.07) is 1.71. The van der Waals surface area contributed by atoms with E-state index < -0.39 is 45.8 Å². The van der Waals surface area contributed by atoms with Crippen molar-refractivity contribution in [1.82, 2.24) is 25.2 Å². The summed E-state index contributed by atoms with van der Waals surface area (Å²) in [5.41, 5.74) is -1.37. The highest BCUT2D eigenvalue weighted by molar-refractivity contribution is 8.01. The quantitative estimate of drug-likeness (QED) is 0.187. The summed E-state index contributed by atoms with van der Waals surface area (Å²) < 4.78 is 18.5. The number of β-lactam (4-membered cyclic amide) rings is 1. The summed E-state index contributed by atoms with van der Waals surface area (Å²) in [4.78, 5) is 38.3. The number of carboxylic acid groups (broad SMARTS) is 1. The Morgan fingerprint density at radius 1 is 1.61 bits per heavy atom. The van der Waals surface area contributed by atoms with Gasteiger partial charge in [0.05, 0.1) is 6.20 Å². The minimum absolute atomic E-state index is 0.147. The maximum atomic E-state index is 13.0. The van der Waals surface area contributed by atoms with Gasteiger partial charge in [-0.15, -0.1) is 28.6 Å². The Morgan fingerprint density at radius 3 is 2.94 bits per heavy atom. The molecule has 2 aliphatic heterocycles. The maximum absolute atomic E-state index is 13.0. The Hall–Kier alpha value is -2.25. The fraction of sp³-hybridized carbons (Fsp3) is 0.500. The van der Waals surface area contributed by atoms with Crippen LogP contribution in [0.1, 0.15) is 0 Å². The second-order valence-corrected chi connectivity index (χ2v) is 9.98. The van der Waals surface area contributed by atoms with Crippen molar-refractivity contribution in [3.8, 4) is 6.07 Å². The first kappa shape index (κ1) is 23.4. The number of aryl methyl sites for hydroxylation is 1. The molecule has 0 aliphatic carbocycles. The number of amides is 2. The molecular formula is C16H18N6O6S3. The van der Waals surface area contributed by atoms with Crippen LogP contribution in [0.2, 0.25) is 0 Å². The van der Waals surface area contributed by atoms with Gasteiger partial charge in [-0.2, -0.15) is 5.26 Å². The molecule has 0 aromatic carbocycles. The van der Waals surface area contributed by atoms with Crippen molar-refractivity contribution in [2.45, 2.75) is 16.1 Å². The third-order valence-electron chi connectivity index (χ3n) is 4.54. The summed E-state index contributed by atoms with van der Waals surface area (Å²) in [6.45, 7) is 0. The van der Waals surface area contributed by atoms with Crippen molar-refractivity contribution < 1.29 is 28.8 Å². The number of carbonyl (C=O) groups is 3. The van der Waals surface area contributed by atoms with Crippen molar-refractivity contribution in [1.29, 1.82) is 5.26 Å². The van der Waals surface area contributed by atoms with Crippen molar-refractivity contribution in [2.24, 2.45) is 7.05 Å². The molecular weight excluding hydrogens is 468 g/mol. The topological polar surface area (TPSA) is 174 Å². The van der Waals surface area contributed by atoms with E-state index in [1.807, 2.05) is 0 Å². The molecule has 166 valence electrons. The van der Waals surface area contributed by atoms with E-state index in [1.54, 1.807) is 24.0 Å². The van der Waals surface area contributed by atoms with Gasteiger partial charge in [-0.3, -0.25) is 14.5 Å². The first-order chi connectivity index (χ1) is 14.7. The van der Waals surface area contributed by atoms with Crippen LogP contribution in [0.15, 0.2) is 22.5 Å². The van der Waals surface area contributed by atoms with Crippen molar-refractivity contribution in [2.75, 3.05) is 30.1 Å². The number of rotatable bonds is 9. The standard InChI is InChI=1S/C16H18N6O6S3/c1-21-11(5-18-20-21)29-6-9-7-30-15-16(28-2,14(26)22(15)12(9)13(24)25)19-10(23)8-31(27)4-3-17/h5,15H,4,6-8H2,1-2H3,(H,19,23)(H,24,25)/t15-,16+,31?/m1/s1. The van der Waals surface area contributed by atoms with E-state index in [9.17, 15) is 24.0 Å². The molecule has 0 saturated carbocycles. The van der Waals surface area contributed by atoms with Gasteiger partial charge in [-0.1, -0.05) is 5.21 Å². The van der Waals surface area contributed by atoms with Gasteiger partial charge >= 0.3 is 5.97 Å². The van der Waals surface area contributed by atoms with E-state index in [1.165, 1.54) is 30.6 Å². The number of ether oxygens (including phenoxy) is 1. The Kier molecular flexibility index (Phi) is 7.17. The summed E-state index contributed by atoms with van der Waals surface area (Å²) in [5.74, 6) is -2.88. The first-order valence-corrected chi connectivity index (χ1v) is 12.2. The van der Waals surface area contributed by atoms with E-state index >= 15 is 0 Å². The van der Waals surface area contributed by atoms with E-state index in [0.717, 1.165) is 9.93 Å². The molecule has 2 aliphatic rings. The largest absolute Gasteiger partial charge is 0.615 e. The van der Waals surface area contributed by atoms with E-state index in [0.29, 0.717) is 17.1 Å². The zero-order valence-electron chi connectivity index (χ0n) is 16.4. The number of fused-ring (bicyclic) bond motifs is 1. The molecule has 15 heteroatoms. The van der Waals surface area contributed by atoms with Gasteiger partial charge < -0.3 is 19.7 Å². The van der Waals surface area contributed by atoms with E-state index in [4.69, 9.17) is 10.00 Å². The van der Waals surface area contributed by atoms with Crippen LogP contribution < -0.4 is 5.32 Å². The number of nitriles is 1. The van der Waals surface area contributed by atoms with Crippen LogP contribution >= 0.6 is 23.5 Å². The zero-order chi connectivity index (χ0) is 22.8. The molecule has 1 unspecified atom stereocenters. The molecule has 3 heterocycles. The molecule has 2 amide bonds. The van der Waals surface area contributed by atoms with Crippen molar-refractivity contribution in [3.63, 3.8) is 0 Å². The SMILES string of the molecule is CO[C@@]1(NC(=O)C[S+]([O-])CC#N)C(=O)N2C(C(=O)O)=C(CSc3cnnn3C)CS[C@@H]21. The number of carboxylic acids is 1. The van der Waals surface area contributed by atoms with Gasteiger partial charge in [0.2, 0.25) is 0 Å². The number of nitrogens with zero attached hydrogens (tertiary/aromatic N) is 5. The molecule has 0 radical (unpaired) electrons. The van der Waals surface area contributed by atoms with Crippen LogP contribution in [0.4, 0.5) is 0 Å². The average Bonchev–Trinajstić information content (AvgIpc) is 3.14. The lowest BCUT2D eigenvalue weighted by Gasteiger charge is -2.55. The number of thioether (sulfide) groups is 2. The number of aliphatic carboxylic acids is 1. The Labute approximate surface area is 188 Å². The highest BCUT2D eigenvalue weighted by Crippen LogP contribution is 2.47. The predicted molar refractivity (Wildman–Crippen MR) is 111 cm³/mol. The molecule has 3 atom stereocenters. The first-order valence-electron chi connectivity index (χ1n) is 8.71. The number of hydrogen-bond donors (Lipinski definition) is 2. The third kappa shape index (κ3) is 4.39. The second kappa shape index (κ2) is 9.49. The molecule has 0 bridgehead atoms. The predicted octanol–water partition coefficient (Wildman–Crippen LogP) is -1.11. The second-order valence-electron chi connectivity index (χ2n) is 6.45. The molecule has 3 rings (SSSR count). The van der Waals surface area contributed by atoms with Crippen LogP contribution in [-0.4, -0.2) is 88.6 Å². The van der Waals surface area contributed by atoms with Gasteiger partial charge in [-0.05, 0) is 16.7 Å². The monoisotopic (exact) mass is 486 g/mol. The Morgan fingerprint density at radius 2 is 2.35 bits per heavy atom. The lowest BCUT2D eigenvalue weighted by atomic mass is 9.98. The summed E-state index contributed by atoms with van der Waals surface area (Å²) in [7, 11) is 2.94. The molecule has 12 nitrogen and oxygen atoms in total. The molecule has 1 aromatic heterocycles. The fourth-order valence-electron chi connectivity index (χ4n) is 3.14. The van der Waals surface area contributed by atoms with Crippen LogP contribution in [0, 0.1) is 11.3 Å². The lowest BCUT2D eigenvalue weighted by Crippen LogP contribution is -2.81. The molecule has 1 aromatic rings. The van der Waals surface area contributed by atoms with Gasteiger partial charge in [0, 0.05) is 25.7 Å². The summed E-state index contributed by atoms with van der Waals surface area (Å²) >= 11 is 0.893. The Balaban J connectivity index is 1.78. The van der Waals surface area contributed by atoms with E-state index in [-0.39, 0.29) is 11.4 Å². The minimum Gasteiger partial charge on any atom is -0.615 e. The number of hydrogen-bond acceptors (Lipinski definition) is 10. The minimum atomic E-state index is -1.76. The van der Waals surface area contributed by atoms with Gasteiger partial charge in [-0.25, -0.2) is 9.48 Å². The third-order valence-corrected chi connectivity index (χ3v) is 8.11. The van der Waals surface area contributed by atoms with E-state index in [2.05, 4.69) is 15.6 Å². The van der Waals surface area contributed by atoms with Crippen molar-refractivity contribution >= 4 is 52.5 Å². The van der Waals surface area contributed by atoms with Crippen LogP contribution in [0.5, 0.6) is 0 Å². The molecule has 1 saturated heterocycles. The normalized spacial score (nSPS) is 23.6. The van der Waals surface area contributed by atoms with Crippen LogP contribution in [0.25, 0.3) is 0 Å². The van der Waals surface area contributed by atoms with Gasteiger partial charge in [0.15, 0.2) is 11.5 Å². The number of carbonyl (C=O) groups excluding carboxylic acids is 2. The smallest absolute Gasteiger partial charge is 0.352 e. The molecule has 31 heavy (non-hydrogen) atoms. The van der Waals surface area contributed by atoms with Gasteiger partial charge in [0.25, 0.3) is 17.5 Å². The highest BCUT2D eigenvalue weighted by atomic mass is 32.2. The molecule has 1 fully saturated rings. The summed E-state index contributed by atoms with van der Waals surface area (Å²) in [5, 5.41) is 28.3. The maximum Gasteiger partial charge on any atom is 0.352 e. The fourth-order valence-corrected chi connectivity index (χ4v) is 6.22. The highest BCUT2D eigenvalue weighted by Gasteiger charge is 2.66. The lowest BCUT2D eigenvalue weighted by molar-refractivity contribution is -0.192. The Bertz CT molecular complexity index is 977. The van der Waals surface area contributed by atoms with Crippen molar-refractivity contribution in [3.05, 3.63) is 17.5 Å². The molecule has 2 N–H and O–H groups in total. The summed E-state index contributed by atoms with van der Waals surface area (Å²) in [6.07, 6.45) is 1.56. The zero-order valence-corrected chi connectivity index (χ0v) is 18.9. The number of methoxy groups -OCH3 is 1. The average molecular weight is 487 g/mol.